The van der Waals surface area contributed by atoms with Crippen molar-refractivity contribution >= 4 is 11.8 Å². The average Bonchev–Trinajstić information content (AvgIpc) is 2.67. The third-order valence-electron chi connectivity index (χ3n) is 4.12. The smallest absolute Gasteiger partial charge is 0.227 e. The second kappa shape index (κ2) is 8.29. The molecule has 0 aliphatic heterocycles. The zero-order chi connectivity index (χ0) is 17.5. The predicted octanol–water partition coefficient (Wildman–Crippen LogP) is 4.42. The first kappa shape index (κ1) is 17.0. The molecule has 1 N–H and O–H groups in total. The highest BCUT2D eigenvalue weighted by atomic mass is 15.3. The number of benzene rings is 2. The summed E-state index contributed by atoms with van der Waals surface area (Å²) < 4.78 is 0. The summed E-state index contributed by atoms with van der Waals surface area (Å²) in [5.41, 5.74) is 3.76. The number of aromatic nitrogens is 2. The largest absolute Gasteiger partial charge is 0.366 e. The van der Waals surface area contributed by atoms with Crippen LogP contribution in [-0.4, -0.2) is 16.5 Å². The first-order valence-corrected chi connectivity index (χ1v) is 8.66. The summed E-state index contributed by atoms with van der Waals surface area (Å²) in [4.78, 5) is 11.3. The summed E-state index contributed by atoms with van der Waals surface area (Å²) in [7, 11) is 0. The lowest BCUT2D eigenvalue weighted by molar-refractivity contribution is 0.791. The van der Waals surface area contributed by atoms with Gasteiger partial charge in [-0.25, -0.2) is 4.98 Å². The molecule has 1 heterocycles. The quantitative estimate of drug-likeness (QED) is 0.695. The van der Waals surface area contributed by atoms with Gasteiger partial charge in [-0.3, -0.25) is 0 Å². The number of rotatable bonds is 7. The number of anilines is 2. The molecule has 0 amide bonds. The maximum absolute atomic E-state index is 4.68. The Bertz CT molecular complexity index is 785. The summed E-state index contributed by atoms with van der Waals surface area (Å²) in [5, 5.41) is 3.39. The van der Waals surface area contributed by atoms with Gasteiger partial charge < -0.3 is 10.2 Å². The molecule has 25 heavy (non-hydrogen) atoms. The molecule has 0 aliphatic rings. The van der Waals surface area contributed by atoms with Crippen LogP contribution in [0.1, 0.15) is 23.6 Å². The minimum absolute atomic E-state index is 0.750. The number of hydrogen-bond donors (Lipinski definition) is 1. The minimum Gasteiger partial charge on any atom is -0.366 e. The lowest BCUT2D eigenvalue weighted by Gasteiger charge is -2.21. The van der Waals surface area contributed by atoms with E-state index in [1.165, 1.54) is 16.7 Å². The van der Waals surface area contributed by atoms with Crippen LogP contribution in [0.15, 0.2) is 66.9 Å². The van der Waals surface area contributed by atoms with Gasteiger partial charge in [-0.1, -0.05) is 60.2 Å². The molecule has 0 saturated carbocycles. The van der Waals surface area contributed by atoms with Crippen molar-refractivity contribution in [3.63, 3.8) is 0 Å². The van der Waals surface area contributed by atoms with E-state index in [1.807, 2.05) is 18.3 Å². The van der Waals surface area contributed by atoms with Gasteiger partial charge in [0.25, 0.3) is 0 Å². The maximum Gasteiger partial charge on any atom is 0.227 e. The molecule has 4 nitrogen and oxygen atoms in total. The molecule has 0 aliphatic carbocycles. The molecular weight excluding hydrogens is 308 g/mol. The first-order chi connectivity index (χ1) is 12.2. The Balaban J connectivity index is 1.68. The van der Waals surface area contributed by atoms with Crippen molar-refractivity contribution in [2.75, 3.05) is 16.8 Å². The molecule has 2 aromatic carbocycles. The molecule has 1 aromatic heterocycles. The summed E-state index contributed by atoms with van der Waals surface area (Å²) in [6.07, 6.45) is 1.81. The van der Waals surface area contributed by atoms with Gasteiger partial charge in [0.1, 0.15) is 5.82 Å². The van der Waals surface area contributed by atoms with Crippen LogP contribution in [0.2, 0.25) is 0 Å². The van der Waals surface area contributed by atoms with Crippen molar-refractivity contribution in [3.05, 3.63) is 83.6 Å². The Morgan fingerprint density at radius 1 is 0.920 bits per heavy atom. The van der Waals surface area contributed by atoms with Crippen LogP contribution in [0.5, 0.6) is 0 Å². The molecule has 0 bridgehead atoms. The molecule has 0 spiro atoms. The fraction of sp³-hybridized carbons (Fsp3) is 0.238. The average molecular weight is 332 g/mol. The summed E-state index contributed by atoms with van der Waals surface area (Å²) in [6, 6.07) is 20.8. The highest BCUT2D eigenvalue weighted by molar-refractivity contribution is 5.42. The lowest BCUT2D eigenvalue weighted by atomic mass is 10.1. The van der Waals surface area contributed by atoms with E-state index in [9.17, 15) is 0 Å². The van der Waals surface area contributed by atoms with Crippen LogP contribution in [0.3, 0.4) is 0 Å². The Morgan fingerprint density at radius 2 is 1.68 bits per heavy atom. The van der Waals surface area contributed by atoms with Gasteiger partial charge in [0.05, 0.1) is 0 Å². The van der Waals surface area contributed by atoms with E-state index in [-0.39, 0.29) is 0 Å². The number of nitrogens with zero attached hydrogens (tertiary/aromatic N) is 3. The normalized spacial score (nSPS) is 10.5. The fourth-order valence-corrected chi connectivity index (χ4v) is 2.63. The Morgan fingerprint density at radius 3 is 2.40 bits per heavy atom. The Hall–Kier alpha value is -2.88. The number of nitrogens with one attached hydrogen (secondary N) is 1. The molecule has 0 unspecified atom stereocenters. The van der Waals surface area contributed by atoms with E-state index in [0.29, 0.717) is 0 Å². The fourth-order valence-electron chi connectivity index (χ4n) is 2.63. The number of aryl methyl sites for hydroxylation is 1. The Kier molecular flexibility index (Phi) is 5.62. The molecule has 0 radical (unpaired) electrons. The highest BCUT2D eigenvalue weighted by Gasteiger charge is 2.09. The third-order valence-corrected chi connectivity index (χ3v) is 4.12. The van der Waals surface area contributed by atoms with Crippen LogP contribution in [-0.2, 0) is 13.1 Å². The molecule has 128 valence electrons. The zero-order valence-electron chi connectivity index (χ0n) is 14.8. The molecular formula is C21H24N4. The van der Waals surface area contributed by atoms with Crippen molar-refractivity contribution in [2.45, 2.75) is 26.9 Å². The van der Waals surface area contributed by atoms with E-state index in [2.05, 4.69) is 82.6 Å². The van der Waals surface area contributed by atoms with E-state index in [4.69, 9.17) is 0 Å². The van der Waals surface area contributed by atoms with Gasteiger partial charge in [0.15, 0.2) is 0 Å². The van der Waals surface area contributed by atoms with Crippen LogP contribution < -0.4 is 10.2 Å². The monoisotopic (exact) mass is 332 g/mol. The van der Waals surface area contributed by atoms with Gasteiger partial charge in [-0.05, 0) is 31.0 Å². The highest BCUT2D eigenvalue weighted by Crippen LogP contribution is 2.15. The SMILES string of the molecule is CCN(Cc1ccccc1)c1nccc(NCc2ccc(C)cc2)n1. The first-order valence-electron chi connectivity index (χ1n) is 8.66. The van der Waals surface area contributed by atoms with Gasteiger partial charge >= 0.3 is 0 Å². The second-order valence-electron chi connectivity index (χ2n) is 6.08. The van der Waals surface area contributed by atoms with Gasteiger partial charge in [-0.2, -0.15) is 4.98 Å². The van der Waals surface area contributed by atoms with Gasteiger partial charge in [0.2, 0.25) is 5.95 Å². The molecule has 0 atom stereocenters. The van der Waals surface area contributed by atoms with Crippen LogP contribution in [0.4, 0.5) is 11.8 Å². The summed E-state index contributed by atoms with van der Waals surface area (Å²) in [5.74, 6) is 1.59. The summed E-state index contributed by atoms with van der Waals surface area (Å²) in [6.45, 7) is 6.63. The van der Waals surface area contributed by atoms with E-state index >= 15 is 0 Å². The van der Waals surface area contributed by atoms with E-state index < -0.39 is 0 Å². The molecule has 4 heteroatoms. The topological polar surface area (TPSA) is 41.1 Å². The molecule has 0 fully saturated rings. The van der Waals surface area contributed by atoms with Crippen molar-refractivity contribution in [1.29, 1.82) is 0 Å². The van der Waals surface area contributed by atoms with Crippen molar-refractivity contribution < 1.29 is 0 Å². The van der Waals surface area contributed by atoms with E-state index in [1.54, 1.807) is 0 Å². The summed E-state index contributed by atoms with van der Waals surface area (Å²) >= 11 is 0. The second-order valence-corrected chi connectivity index (χ2v) is 6.08. The Labute approximate surface area is 149 Å². The molecule has 3 rings (SSSR count). The third kappa shape index (κ3) is 4.80. The minimum atomic E-state index is 0.750. The van der Waals surface area contributed by atoms with Gasteiger partial charge in [-0.15, -0.1) is 0 Å². The van der Waals surface area contributed by atoms with Crippen molar-refractivity contribution in [1.82, 2.24) is 9.97 Å². The van der Waals surface area contributed by atoms with Crippen LogP contribution in [0, 0.1) is 6.92 Å². The molecule has 3 aromatic rings. The van der Waals surface area contributed by atoms with Gasteiger partial charge in [0, 0.05) is 25.8 Å². The van der Waals surface area contributed by atoms with E-state index in [0.717, 1.165) is 31.4 Å². The van der Waals surface area contributed by atoms with Crippen LogP contribution >= 0.6 is 0 Å². The molecule has 0 saturated heterocycles. The standard InChI is InChI=1S/C21H24N4/c1-3-25(16-19-7-5-4-6-8-19)21-22-14-13-20(24-21)23-15-18-11-9-17(2)10-12-18/h4-14H,3,15-16H2,1-2H3,(H,22,23,24). The zero-order valence-corrected chi connectivity index (χ0v) is 14.8. The predicted molar refractivity (Wildman–Crippen MR) is 104 cm³/mol. The number of hydrogen-bond acceptors (Lipinski definition) is 4. The van der Waals surface area contributed by atoms with Crippen molar-refractivity contribution in [3.8, 4) is 0 Å². The lowest BCUT2D eigenvalue weighted by Crippen LogP contribution is -2.24. The van der Waals surface area contributed by atoms with Crippen LogP contribution in [0.25, 0.3) is 0 Å². The van der Waals surface area contributed by atoms with Crippen molar-refractivity contribution in [2.24, 2.45) is 0 Å². The maximum atomic E-state index is 4.68.